The van der Waals surface area contributed by atoms with Crippen LogP contribution in [0.1, 0.15) is 31.4 Å². The van der Waals surface area contributed by atoms with Crippen LogP contribution in [0.25, 0.3) is 0 Å². The minimum absolute atomic E-state index is 0.122. The summed E-state index contributed by atoms with van der Waals surface area (Å²) in [6, 6.07) is 12.2. The van der Waals surface area contributed by atoms with Crippen molar-refractivity contribution in [3.63, 3.8) is 0 Å². The molecule has 0 bridgehead atoms. The predicted octanol–water partition coefficient (Wildman–Crippen LogP) is 5.18. The molecule has 0 spiro atoms. The number of methoxy groups -OCH3 is 1. The number of halogens is 2. The van der Waals surface area contributed by atoms with Crippen LogP contribution in [-0.2, 0) is 21.9 Å². The number of hydrogen-bond donors (Lipinski definition) is 1. The maximum atomic E-state index is 13.1. The molecule has 0 aliphatic heterocycles. The molecule has 0 fully saturated rings. The van der Waals surface area contributed by atoms with Gasteiger partial charge in [-0.05, 0) is 48.7 Å². The fourth-order valence-corrected chi connectivity index (χ4v) is 4.55. The van der Waals surface area contributed by atoms with Crippen LogP contribution in [0.2, 0.25) is 10.0 Å². The third kappa shape index (κ3) is 7.63. The molecule has 0 radical (unpaired) electrons. The Labute approximate surface area is 198 Å². The van der Waals surface area contributed by atoms with Gasteiger partial charge >= 0.3 is 0 Å². The van der Waals surface area contributed by atoms with Gasteiger partial charge in [0.1, 0.15) is 11.8 Å². The third-order valence-electron chi connectivity index (χ3n) is 4.76. The highest BCUT2D eigenvalue weighted by Crippen LogP contribution is 2.28. The van der Waals surface area contributed by atoms with E-state index in [-0.39, 0.29) is 17.6 Å². The van der Waals surface area contributed by atoms with Crippen molar-refractivity contribution in [3.8, 4) is 5.75 Å². The summed E-state index contributed by atoms with van der Waals surface area (Å²) in [5, 5.41) is 4.03. The standard InChI is InChI=1S/C23H28Cl2N2O3S/c1-4-12-26-23(29)16(2)27(13-17-8-10-18(30-3)11-9-17)22(28)15-31-14-19-20(24)6-5-7-21(19)25/h5-11,16H,4,12-15H2,1-3H3,(H,26,29)/t16-/m0/s1. The number of carbonyl (C=O) groups excluding carboxylic acids is 2. The van der Waals surface area contributed by atoms with Crippen LogP contribution in [-0.4, -0.2) is 42.2 Å². The Morgan fingerprint density at radius 1 is 1.13 bits per heavy atom. The van der Waals surface area contributed by atoms with Crippen LogP contribution in [0.4, 0.5) is 0 Å². The van der Waals surface area contributed by atoms with Gasteiger partial charge in [0.05, 0.1) is 12.9 Å². The summed E-state index contributed by atoms with van der Waals surface area (Å²) in [4.78, 5) is 27.2. The van der Waals surface area contributed by atoms with Gasteiger partial charge in [-0.25, -0.2) is 0 Å². The minimum Gasteiger partial charge on any atom is -0.497 e. The molecule has 8 heteroatoms. The van der Waals surface area contributed by atoms with E-state index in [2.05, 4.69) is 5.32 Å². The van der Waals surface area contributed by atoms with E-state index < -0.39 is 6.04 Å². The Kier molecular flexibility index (Phi) is 10.5. The molecule has 0 saturated heterocycles. The van der Waals surface area contributed by atoms with Crippen LogP contribution in [0.15, 0.2) is 42.5 Å². The van der Waals surface area contributed by atoms with Crippen molar-refractivity contribution in [2.24, 2.45) is 0 Å². The van der Waals surface area contributed by atoms with Gasteiger partial charge in [-0.1, -0.05) is 48.3 Å². The summed E-state index contributed by atoms with van der Waals surface area (Å²) in [6.45, 7) is 4.65. The summed E-state index contributed by atoms with van der Waals surface area (Å²) in [5.41, 5.74) is 1.72. The minimum atomic E-state index is -0.592. The van der Waals surface area contributed by atoms with E-state index in [4.69, 9.17) is 27.9 Å². The average Bonchev–Trinajstić information content (AvgIpc) is 2.77. The number of nitrogens with zero attached hydrogens (tertiary/aromatic N) is 1. The van der Waals surface area contributed by atoms with Crippen LogP contribution < -0.4 is 10.1 Å². The zero-order valence-electron chi connectivity index (χ0n) is 18.0. The molecule has 0 saturated carbocycles. The highest BCUT2D eigenvalue weighted by molar-refractivity contribution is 7.99. The molecule has 2 aromatic rings. The topological polar surface area (TPSA) is 58.6 Å². The Balaban J connectivity index is 2.09. The summed E-state index contributed by atoms with van der Waals surface area (Å²) < 4.78 is 5.20. The monoisotopic (exact) mass is 482 g/mol. The summed E-state index contributed by atoms with van der Waals surface area (Å²) in [6.07, 6.45) is 0.833. The van der Waals surface area contributed by atoms with E-state index in [0.717, 1.165) is 23.3 Å². The molecule has 1 N–H and O–H groups in total. The molecule has 1 atom stereocenters. The smallest absolute Gasteiger partial charge is 0.242 e. The molecule has 2 aromatic carbocycles. The van der Waals surface area contributed by atoms with Gasteiger partial charge in [0, 0.05) is 28.9 Å². The molecule has 0 aromatic heterocycles. The Bertz CT molecular complexity index is 857. The van der Waals surface area contributed by atoms with Crippen molar-refractivity contribution in [2.45, 2.75) is 38.6 Å². The number of hydrogen-bond acceptors (Lipinski definition) is 4. The van der Waals surface area contributed by atoms with E-state index >= 15 is 0 Å². The predicted molar refractivity (Wildman–Crippen MR) is 129 cm³/mol. The zero-order chi connectivity index (χ0) is 22.8. The van der Waals surface area contributed by atoms with Crippen molar-refractivity contribution >= 4 is 46.8 Å². The molecule has 0 aliphatic rings. The van der Waals surface area contributed by atoms with Gasteiger partial charge < -0.3 is 15.0 Å². The molecular formula is C23H28Cl2N2O3S. The van der Waals surface area contributed by atoms with Gasteiger partial charge in [0.2, 0.25) is 11.8 Å². The van der Waals surface area contributed by atoms with Gasteiger partial charge in [-0.15, -0.1) is 11.8 Å². The summed E-state index contributed by atoms with van der Waals surface area (Å²) in [5.74, 6) is 1.17. The molecule has 2 rings (SSSR count). The van der Waals surface area contributed by atoms with Crippen LogP contribution >= 0.6 is 35.0 Å². The normalized spacial score (nSPS) is 11.6. The first-order chi connectivity index (χ1) is 14.9. The third-order valence-corrected chi connectivity index (χ3v) is 6.41. The second-order valence-corrected chi connectivity index (χ2v) is 8.83. The number of ether oxygens (including phenoxy) is 1. The Hall–Kier alpha value is -1.89. The SMILES string of the molecule is CCCNC(=O)[C@H](C)N(Cc1ccc(OC)cc1)C(=O)CSCc1c(Cl)cccc1Cl. The van der Waals surface area contributed by atoms with Crippen molar-refractivity contribution < 1.29 is 14.3 Å². The van der Waals surface area contributed by atoms with Crippen molar-refractivity contribution in [2.75, 3.05) is 19.4 Å². The quantitative estimate of drug-likeness (QED) is 0.479. The zero-order valence-corrected chi connectivity index (χ0v) is 20.3. The first-order valence-electron chi connectivity index (χ1n) is 10.1. The summed E-state index contributed by atoms with van der Waals surface area (Å²) in [7, 11) is 1.60. The highest BCUT2D eigenvalue weighted by Gasteiger charge is 2.26. The van der Waals surface area contributed by atoms with E-state index in [0.29, 0.717) is 28.9 Å². The van der Waals surface area contributed by atoms with Crippen LogP contribution in [0, 0.1) is 0 Å². The lowest BCUT2D eigenvalue weighted by Crippen LogP contribution is -2.48. The number of amides is 2. The molecule has 31 heavy (non-hydrogen) atoms. The van der Waals surface area contributed by atoms with E-state index in [1.165, 1.54) is 11.8 Å². The number of carbonyl (C=O) groups is 2. The van der Waals surface area contributed by atoms with Crippen LogP contribution in [0.3, 0.4) is 0 Å². The van der Waals surface area contributed by atoms with Crippen molar-refractivity contribution in [3.05, 3.63) is 63.6 Å². The lowest BCUT2D eigenvalue weighted by atomic mass is 10.1. The number of benzene rings is 2. The molecule has 0 unspecified atom stereocenters. The molecule has 0 heterocycles. The molecule has 168 valence electrons. The fraction of sp³-hybridized carbons (Fsp3) is 0.391. The van der Waals surface area contributed by atoms with Gasteiger partial charge in [0.15, 0.2) is 0 Å². The number of thioether (sulfide) groups is 1. The molecule has 0 aliphatic carbocycles. The fourth-order valence-electron chi connectivity index (χ4n) is 2.90. The van der Waals surface area contributed by atoms with Gasteiger partial charge in [-0.2, -0.15) is 0 Å². The highest BCUT2D eigenvalue weighted by atomic mass is 35.5. The largest absolute Gasteiger partial charge is 0.497 e. The molecule has 2 amide bonds. The number of rotatable bonds is 11. The van der Waals surface area contributed by atoms with E-state index in [1.807, 2.05) is 31.2 Å². The van der Waals surface area contributed by atoms with Gasteiger partial charge in [-0.3, -0.25) is 9.59 Å². The number of nitrogens with one attached hydrogen (secondary N) is 1. The maximum Gasteiger partial charge on any atom is 0.242 e. The lowest BCUT2D eigenvalue weighted by Gasteiger charge is -2.29. The molecule has 5 nitrogen and oxygen atoms in total. The summed E-state index contributed by atoms with van der Waals surface area (Å²) >= 11 is 13.9. The van der Waals surface area contributed by atoms with Crippen LogP contribution in [0.5, 0.6) is 5.75 Å². The van der Waals surface area contributed by atoms with Crippen molar-refractivity contribution in [1.29, 1.82) is 0 Å². The first-order valence-corrected chi connectivity index (χ1v) is 12.0. The maximum absolute atomic E-state index is 13.1. The Morgan fingerprint density at radius 2 is 1.77 bits per heavy atom. The van der Waals surface area contributed by atoms with E-state index in [9.17, 15) is 9.59 Å². The van der Waals surface area contributed by atoms with E-state index in [1.54, 1.807) is 37.1 Å². The van der Waals surface area contributed by atoms with Crippen molar-refractivity contribution in [1.82, 2.24) is 10.2 Å². The Morgan fingerprint density at radius 3 is 2.35 bits per heavy atom. The second kappa shape index (κ2) is 12.8. The first kappa shape index (κ1) is 25.4. The average molecular weight is 483 g/mol. The second-order valence-electron chi connectivity index (χ2n) is 7.03. The molecular weight excluding hydrogens is 455 g/mol. The van der Waals surface area contributed by atoms with Gasteiger partial charge in [0.25, 0.3) is 0 Å². The lowest BCUT2D eigenvalue weighted by molar-refractivity contribution is -0.138.